The van der Waals surface area contributed by atoms with Crippen molar-refractivity contribution in [3.05, 3.63) is 78.6 Å². The number of fused-ring (bicyclic) bond motifs is 1. The first-order valence-electron chi connectivity index (χ1n) is 7.53. The molecule has 24 heavy (non-hydrogen) atoms. The molecule has 0 aliphatic heterocycles. The van der Waals surface area contributed by atoms with E-state index in [2.05, 4.69) is 21.5 Å². The van der Waals surface area contributed by atoms with E-state index in [9.17, 15) is 5.26 Å². The zero-order chi connectivity index (χ0) is 16.4. The standard InChI is InChI=1S/C18H14N6/c19-9-17-14(11-23-8-2-1-3-18(17)23)10-21-15-4-6-16(7-5-15)24-13-20-12-22-24/h1-8,11-13,21H,10H2. The van der Waals surface area contributed by atoms with Crippen LogP contribution in [0.5, 0.6) is 0 Å². The normalized spacial score (nSPS) is 10.6. The van der Waals surface area contributed by atoms with Crippen LogP contribution in [0.4, 0.5) is 5.69 Å². The number of hydrogen-bond donors (Lipinski definition) is 1. The Morgan fingerprint density at radius 2 is 2.00 bits per heavy atom. The van der Waals surface area contributed by atoms with E-state index in [1.54, 1.807) is 11.0 Å². The summed E-state index contributed by atoms with van der Waals surface area (Å²) in [6, 6.07) is 16.1. The van der Waals surface area contributed by atoms with Gasteiger partial charge in [0.15, 0.2) is 0 Å². The third kappa shape index (κ3) is 2.48. The third-order valence-corrected chi connectivity index (χ3v) is 3.91. The molecule has 116 valence electrons. The van der Waals surface area contributed by atoms with Gasteiger partial charge in [-0.25, -0.2) is 9.67 Å². The molecule has 6 nitrogen and oxygen atoms in total. The second-order valence-corrected chi connectivity index (χ2v) is 5.37. The van der Waals surface area contributed by atoms with Gasteiger partial charge in [-0.3, -0.25) is 0 Å². The molecule has 4 rings (SSSR count). The molecule has 1 aromatic carbocycles. The van der Waals surface area contributed by atoms with Gasteiger partial charge in [0, 0.05) is 30.2 Å². The highest BCUT2D eigenvalue weighted by Gasteiger charge is 2.09. The summed E-state index contributed by atoms with van der Waals surface area (Å²) in [5.74, 6) is 0. The predicted octanol–water partition coefficient (Wildman–Crippen LogP) is 3.00. The summed E-state index contributed by atoms with van der Waals surface area (Å²) in [5, 5.41) is 16.9. The summed E-state index contributed by atoms with van der Waals surface area (Å²) in [4.78, 5) is 3.94. The Hall–Kier alpha value is -3.59. The van der Waals surface area contributed by atoms with Gasteiger partial charge in [-0.05, 0) is 36.4 Å². The highest BCUT2D eigenvalue weighted by molar-refractivity contribution is 5.65. The molecule has 0 aliphatic carbocycles. The largest absolute Gasteiger partial charge is 0.381 e. The van der Waals surface area contributed by atoms with Crippen molar-refractivity contribution >= 4 is 11.2 Å². The predicted molar refractivity (Wildman–Crippen MR) is 90.8 cm³/mol. The first kappa shape index (κ1) is 14.0. The smallest absolute Gasteiger partial charge is 0.138 e. The van der Waals surface area contributed by atoms with Gasteiger partial charge in [0.05, 0.1) is 16.8 Å². The van der Waals surface area contributed by atoms with Crippen LogP contribution in [0, 0.1) is 11.3 Å². The molecular weight excluding hydrogens is 300 g/mol. The number of nitrogens with zero attached hydrogens (tertiary/aromatic N) is 5. The molecule has 0 saturated heterocycles. The van der Waals surface area contributed by atoms with E-state index in [4.69, 9.17) is 0 Å². The van der Waals surface area contributed by atoms with Gasteiger partial charge in [0.25, 0.3) is 0 Å². The van der Waals surface area contributed by atoms with Crippen molar-refractivity contribution in [2.45, 2.75) is 6.54 Å². The van der Waals surface area contributed by atoms with Gasteiger partial charge >= 0.3 is 0 Å². The van der Waals surface area contributed by atoms with E-state index < -0.39 is 0 Å². The lowest BCUT2D eigenvalue weighted by molar-refractivity contribution is 0.879. The summed E-state index contributed by atoms with van der Waals surface area (Å²) in [6.07, 6.45) is 7.11. The number of hydrogen-bond acceptors (Lipinski definition) is 4. The van der Waals surface area contributed by atoms with E-state index in [-0.39, 0.29) is 0 Å². The van der Waals surface area contributed by atoms with E-state index in [1.165, 1.54) is 6.33 Å². The van der Waals surface area contributed by atoms with Crippen LogP contribution in [0.3, 0.4) is 0 Å². The second-order valence-electron chi connectivity index (χ2n) is 5.37. The Kier molecular flexibility index (Phi) is 3.45. The SMILES string of the molecule is N#Cc1c(CNc2ccc(-n3cncn3)cc2)cn2ccccc12. The number of pyridine rings is 1. The molecule has 0 atom stereocenters. The zero-order valence-electron chi connectivity index (χ0n) is 12.8. The van der Waals surface area contributed by atoms with E-state index >= 15 is 0 Å². The maximum atomic E-state index is 9.44. The molecule has 3 heterocycles. The molecule has 1 N–H and O–H groups in total. The van der Waals surface area contributed by atoms with Crippen LogP contribution in [0.15, 0.2) is 67.5 Å². The van der Waals surface area contributed by atoms with E-state index in [0.717, 1.165) is 22.5 Å². The summed E-state index contributed by atoms with van der Waals surface area (Å²) in [6.45, 7) is 0.591. The summed E-state index contributed by atoms with van der Waals surface area (Å²) < 4.78 is 3.68. The zero-order valence-corrected chi connectivity index (χ0v) is 12.8. The minimum absolute atomic E-state index is 0.591. The second kappa shape index (κ2) is 5.89. The van der Waals surface area contributed by atoms with Gasteiger partial charge < -0.3 is 9.72 Å². The van der Waals surface area contributed by atoms with Crippen LogP contribution in [-0.2, 0) is 6.54 Å². The minimum Gasteiger partial charge on any atom is -0.381 e. The number of aromatic nitrogens is 4. The quantitative estimate of drug-likeness (QED) is 0.628. The Labute approximate surface area is 138 Å². The number of nitrogens with one attached hydrogen (secondary N) is 1. The monoisotopic (exact) mass is 314 g/mol. The lowest BCUT2D eigenvalue weighted by Crippen LogP contribution is -2.00. The highest BCUT2D eigenvalue weighted by Crippen LogP contribution is 2.19. The van der Waals surface area contributed by atoms with Gasteiger partial charge in [-0.15, -0.1) is 0 Å². The number of anilines is 1. The molecule has 0 unspecified atom stereocenters. The lowest BCUT2D eigenvalue weighted by atomic mass is 10.1. The molecule has 0 bridgehead atoms. The Morgan fingerprint density at radius 3 is 2.75 bits per heavy atom. The van der Waals surface area contributed by atoms with Crippen LogP contribution < -0.4 is 5.32 Å². The molecule has 0 amide bonds. The minimum atomic E-state index is 0.591. The van der Waals surface area contributed by atoms with E-state index in [1.807, 2.05) is 59.3 Å². The van der Waals surface area contributed by atoms with Crippen molar-refractivity contribution in [2.75, 3.05) is 5.32 Å². The van der Waals surface area contributed by atoms with Gasteiger partial charge in [0.1, 0.15) is 18.7 Å². The topological polar surface area (TPSA) is 70.9 Å². The summed E-state index contributed by atoms with van der Waals surface area (Å²) in [5.41, 5.74) is 4.55. The van der Waals surface area contributed by atoms with Crippen molar-refractivity contribution in [3.63, 3.8) is 0 Å². The fourth-order valence-corrected chi connectivity index (χ4v) is 2.71. The Balaban J connectivity index is 1.54. The summed E-state index contributed by atoms with van der Waals surface area (Å²) >= 11 is 0. The molecule has 0 radical (unpaired) electrons. The summed E-state index contributed by atoms with van der Waals surface area (Å²) in [7, 11) is 0. The molecule has 0 saturated carbocycles. The lowest BCUT2D eigenvalue weighted by Gasteiger charge is -2.07. The molecule has 0 aliphatic rings. The van der Waals surface area contributed by atoms with E-state index in [0.29, 0.717) is 12.1 Å². The highest BCUT2D eigenvalue weighted by atomic mass is 15.3. The average Bonchev–Trinajstić information content (AvgIpc) is 3.27. The molecule has 0 fully saturated rings. The number of benzene rings is 1. The van der Waals surface area contributed by atoms with Crippen molar-refractivity contribution in [3.8, 4) is 11.8 Å². The maximum Gasteiger partial charge on any atom is 0.138 e. The van der Waals surface area contributed by atoms with Crippen LogP contribution >= 0.6 is 0 Å². The fraction of sp³-hybridized carbons (Fsp3) is 0.0556. The molecule has 4 aromatic rings. The van der Waals surface area contributed by atoms with Gasteiger partial charge in [0.2, 0.25) is 0 Å². The Bertz CT molecular complexity index is 1010. The third-order valence-electron chi connectivity index (χ3n) is 3.91. The molecule has 0 spiro atoms. The van der Waals surface area contributed by atoms with Crippen LogP contribution in [0.1, 0.15) is 11.1 Å². The van der Waals surface area contributed by atoms with Crippen molar-refractivity contribution in [1.82, 2.24) is 19.2 Å². The molecule has 3 aromatic heterocycles. The molecular formula is C18H14N6. The van der Waals surface area contributed by atoms with Crippen molar-refractivity contribution < 1.29 is 0 Å². The van der Waals surface area contributed by atoms with Crippen LogP contribution in [-0.4, -0.2) is 19.2 Å². The van der Waals surface area contributed by atoms with Crippen molar-refractivity contribution in [1.29, 1.82) is 5.26 Å². The Morgan fingerprint density at radius 1 is 1.12 bits per heavy atom. The van der Waals surface area contributed by atoms with Crippen molar-refractivity contribution in [2.24, 2.45) is 0 Å². The average molecular weight is 314 g/mol. The maximum absolute atomic E-state index is 9.44. The first-order chi connectivity index (χ1) is 11.8. The number of nitriles is 1. The first-order valence-corrected chi connectivity index (χ1v) is 7.53. The van der Waals surface area contributed by atoms with Gasteiger partial charge in [-0.1, -0.05) is 6.07 Å². The molecule has 6 heteroatoms. The van der Waals surface area contributed by atoms with Crippen LogP contribution in [0.25, 0.3) is 11.2 Å². The number of rotatable bonds is 4. The van der Waals surface area contributed by atoms with Crippen LogP contribution in [0.2, 0.25) is 0 Å². The fourth-order valence-electron chi connectivity index (χ4n) is 2.71. The van der Waals surface area contributed by atoms with Gasteiger partial charge in [-0.2, -0.15) is 10.4 Å².